The monoisotopic (exact) mass is 331 g/mol. The van der Waals surface area contributed by atoms with E-state index in [1.165, 1.54) is 0 Å². The molecule has 2 atom stereocenters. The highest BCUT2D eigenvalue weighted by atomic mass is 32.1. The summed E-state index contributed by atoms with van der Waals surface area (Å²) in [7, 11) is 0. The predicted molar refractivity (Wildman–Crippen MR) is 88.6 cm³/mol. The summed E-state index contributed by atoms with van der Waals surface area (Å²) in [5.41, 5.74) is 1.55. The molecule has 0 amide bonds. The molecular formula is C15H17N5O2S. The van der Waals surface area contributed by atoms with E-state index in [0.29, 0.717) is 17.3 Å². The smallest absolute Gasteiger partial charge is 0.326 e. The molecule has 3 heterocycles. The van der Waals surface area contributed by atoms with Crippen LogP contribution < -0.4 is 5.32 Å². The second-order valence-corrected chi connectivity index (χ2v) is 6.15. The molecule has 0 radical (unpaired) electrons. The van der Waals surface area contributed by atoms with E-state index in [9.17, 15) is 9.90 Å². The second-order valence-electron chi connectivity index (χ2n) is 5.37. The number of carboxylic acid groups (broad SMARTS) is 1. The van der Waals surface area contributed by atoms with Crippen molar-refractivity contribution in [2.75, 3.05) is 5.32 Å². The Bertz CT molecular complexity index is 815. The van der Waals surface area contributed by atoms with E-state index in [1.807, 2.05) is 30.7 Å². The lowest BCUT2D eigenvalue weighted by Crippen LogP contribution is -2.35. The molecule has 0 spiro atoms. The van der Waals surface area contributed by atoms with Crippen molar-refractivity contribution >= 4 is 28.8 Å². The maximum absolute atomic E-state index is 11.5. The molecule has 0 saturated heterocycles. The molecule has 0 aliphatic heterocycles. The third kappa shape index (κ3) is 3.02. The largest absolute Gasteiger partial charge is 0.480 e. The molecular weight excluding hydrogens is 314 g/mol. The summed E-state index contributed by atoms with van der Waals surface area (Å²) >= 11 is 1.57. The number of hydrogen-bond acceptors (Lipinski definition) is 6. The normalized spacial score (nSPS) is 13.8. The number of hydrogen-bond donors (Lipinski definition) is 2. The van der Waals surface area contributed by atoms with Crippen LogP contribution in [0.2, 0.25) is 0 Å². The van der Waals surface area contributed by atoms with Crippen LogP contribution in [0.25, 0.3) is 17.0 Å². The first-order valence-electron chi connectivity index (χ1n) is 7.34. The van der Waals surface area contributed by atoms with E-state index in [2.05, 4.69) is 20.6 Å². The van der Waals surface area contributed by atoms with Gasteiger partial charge in [-0.1, -0.05) is 20.3 Å². The molecule has 7 nitrogen and oxygen atoms in total. The fraction of sp³-hybridized carbons (Fsp3) is 0.333. The Labute approximate surface area is 137 Å². The predicted octanol–water partition coefficient (Wildman–Crippen LogP) is 2.76. The zero-order valence-electron chi connectivity index (χ0n) is 12.8. The molecule has 0 fully saturated rings. The number of aromatic nitrogens is 4. The molecule has 3 rings (SSSR count). The molecule has 3 aromatic rings. The van der Waals surface area contributed by atoms with E-state index in [-0.39, 0.29) is 5.92 Å². The van der Waals surface area contributed by atoms with Crippen molar-refractivity contribution in [2.45, 2.75) is 26.3 Å². The molecule has 0 aromatic carbocycles. The van der Waals surface area contributed by atoms with Gasteiger partial charge in [-0.05, 0) is 29.5 Å². The maximum atomic E-state index is 11.5. The number of fused-ring (bicyclic) bond motifs is 1. The third-order valence-corrected chi connectivity index (χ3v) is 4.51. The third-order valence-electron chi connectivity index (χ3n) is 3.82. The van der Waals surface area contributed by atoms with Gasteiger partial charge in [-0.25, -0.2) is 4.79 Å². The van der Waals surface area contributed by atoms with Crippen molar-refractivity contribution in [3.05, 3.63) is 29.0 Å². The van der Waals surface area contributed by atoms with Crippen LogP contribution in [0.1, 0.15) is 20.3 Å². The van der Waals surface area contributed by atoms with Gasteiger partial charge in [-0.3, -0.25) is 0 Å². The summed E-state index contributed by atoms with van der Waals surface area (Å²) in [4.78, 5) is 11.5. The fourth-order valence-electron chi connectivity index (χ4n) is 2.28. The van der Waals surface area contributed by atoms with E-state index in [0.717, 1.165) is 12.0 Å². The minimum Gasteiger partial charge on any atom is -0.480 e. The Hall–Kier alpha value is -2.48. The van der Waals surface area contributed by atoms with Crippen molar-refractivity contribution in [1.82, 2.24) is 19.8 Å². The molecule has 0 bridgehead atoms. The Balaban J connectivity index is 1.96. The molecule has 0 saturated carbocycles. The topological polar surface area (TPSA) is 92.4 Å². The van der Waals surface area contributed by atoms with Gasteiger partial charge >= 0.3 is 5.97 Å². The molecule has 0 aliphatic carbocycles. The molecule has 0 aliphatic rings. The van der Waals surface area contributed by atoms with Crippen molar-refractivity contribution < 1.29 is 9.90 Å². The maximum Gasteiger partial charge on any atom is 0.326 e. The number of rotatable bonds is 6. The minimum atomic E-state index is -0.886. The summed E-state index contributed by atoms with van der Waals surface area (Å²) in [5, 5.41) is 29.0. The quantitative estimate of drug-likeness (QED) is 0.721. The van der Waals surface area contributed by atoms with Gasteiger partial charge in [0.2, 0.25) is 0 Å². The number of nitrogens with zero attached hydrogens (tertiary/aromatic N) is 4. The van der Waals surface area contributed by atoms with E-state index < -0.39 is 12.0 Å². The highest BCUT2D eigenvalue weighted by molar-refractivity contribution is 7.08. The number of aliphatic carboxylic acids is 1. The van der Waals surface area contributed by atoms with Crippen molar-refractivity contribution in [3.63, 3.8) is 0 Å². The van der Waals surface area contributed by atoms with Gasteiger partial charge in [-0.2, -0.15) is 15.9 Å². The lowest BCUT2D eigenvalue weighted by Gasteiger charge is -2.20. The minimum absolute atomic E-state index is 0.0118. The van der Waals surface area contributed by atoms with Gasteiger partial charge in [0.15, 0.2) is 11.5 Å². The second kappa shape index (κ2) is 6.33. The van der Waals surface area contributed by atoms with Crippen molar-refractivity contribution in [2.24, 2.45) is 5.92 Å². The summed E-state index contributed by atoms with van der Waals surface area (Å²) < 4.78 is 1.62. The SMILES string of the molecule is CC[C@H](C)[C@H](Nc1ccc2nnc(-c3ccsc3)n2n1)C(=O)O. The number of nitrogens with one attached hydrogen (secondary N) is 1. The highest BCUT2D eigenvalue weighted by Crippen LogP contribution is 2.21. The van der Waals surface area contributed by atoms with Crippen LogP contribution in [0.3, 0.4) is 0 Å². The molecule has 8 heteroatoms. The van der Waals surface area contributed by atoms with Gasteiger partial charge in [0.1, 0.15) is 11.9 Å². The van der Waals surface area contributed by atoms with Crippen LogP contribution in [-0.2, 0) is 4.79 Å². The van der Waals surface area contributed by atoms with Crippen molar-refractivity contribution in [1.29, 1.82) is 0 Å². The number of anilines is 1. The average molecular weight is 331 g/mol. The first-order chi connectivity index (χ1) is 11.1. The van der Waals surface area contributed by atoms with Crippen LogP contribution in [0.4, 0.5) is 5.82 Å². The Morgan fingerprint density at radius 3 is 2.87 bits per heavy atom. The Morgan fingerprint density at radius 2 is 2.22 bits per heavy atom. The zero-order valence-corrected chi connectivity index (χ0v) is 13.6. The Morgan fingerprint density at radius 1 is 1.39 bits per heavy atom. The van der Waals surface area contributed by atoms with Crippen LogP contribution in [0.5, 0.6) is 0 Å². The van der Waals surface area contributed by atoms with Gasteiger partial charge < -0.3 is 10.4 Å². The van der Waals surface area contributed by atoms with Crippen LogP contribution in [0, 0.1) is 5.92 Å². The molecule has 0 unspecified atom stereocenters. The van der Waals surface area contributed by atoms with Crippen LogP contribution in [-0.4, -0.2) is 36.9 Å². The number of carboxylic acids is 1. The van der Waals surface area contributed by atoms with Crippen LogP contribution in [0.15, 0.2) is 29.0 Å². The fourth-order valence-corrected chi connectivity index (χ4v) is 2.91. The zero-order chi connectivity index (χ0) is 16.4. The van der Waals surface area contributed by atoms with Gasteiger partial charge in [-0.15, -0.1) is 15.3 Å². The van der Waals surface area contributed by atoms with E-state index >= 15 is 0 Å². The van der Waals surface area contributed by atoms with Gasteiger partial charge in [0.25, 0.3) is 0 Å². The average Bonchev–Trinajstić information content (AvgIpc) is 3.19. The lowest BCUT2D eigenvalue weighted by atomic mass is 9.99. The van der Waals surface area contributed by atoms with E-state index in [1.54, 1.807) is 28.0 Å². The molecule has 23 heavy (non-hydrogen) atoms. The first-order valence-corrected chi connectivity index (χ1v) is 8.28. The molecule has 3 aromatic heterocycles. The van der Waals surface area contributed by atoms with Gasteiger partial charge in [0, 0.05) is 10.9 Å². The lowest BCUT2D eigenvalue weighted by molar-refractivity contribution is -0.139. The molecule has 120 valence electrons. The van der Waals surface area contributed by atoms with E-state index in [4.69, 9.17) is 0 Å². The van der Waals surface area contributed by atoms with Gasteiger partial charge in [0.05, 0.1) is 0 Å². The number of carbonyl (C=O) groups is 1. The molecule has 2 N–H and O–H groups in total. The summed E-state index contributed by atoms with van der Waals surface area (Å²) in [5.74, 6) is 0.229. The highest BCUT2D eigenvalue weighted by Gasteiger charge is 2.24. The summed E-state index contributed by atoms with van der Waals surface area (Å²) in [6.45, 7) is 3.87. The summed E-state index contributed by atoms with van der Waals surface area (Å²) in [6, 6.07) is 4.75. The number of thiophene rings is 1. The first kappa shape index (κ1) is 15.4. The van der Waals surface area contributed by atoms with Crippen LogP contribution >= 0.6 is 11.3 Å². The van der Waals surface area contributed by atoms with Crippen molar-refractivity contribution in [3.8, 4) is 11.4 Å². The summed E-state index contributed by atoms with van der Waals surface area (Å²) in [6.07, 6.45) is 0.763. The Kier molecular flexibility index (Phi) is 4.24. The standard InChI is InChI=1S/C15H17N5O2S/c1-3-9(2)13(15(21)22)16-11-4-5-12-17-18-14(20(12)19-11)10-6-7-23-8-10/h4-9,13H,3H2,1-2H3,(H,16,19)(H,21,22)/t9-,13-/m0/s1.